The molecule has 1 heterocycles. The van der Waals surface area contributed by atoms with Gasteiger partial charge in [-0.3, -0.25) is 0 Å². The third kappa shape index (κ3) is 4.18. The molecule has 1 aliphatic heterocycles. The molecule has 0 aromatic carbocycles. The highest BCUT2D eigenvalue weighted by atomic mass is 16.7. The van der Waals surface area contributed by atoms with Gasteiger partial charge in [0.05, 0.1) is 25.4 Å². The van der Waals surface area contributed by atoms with Crippen molar-refractivity contribution in [3.8, 4) is 0 Å². The van der Waals surface area contributed by atoms with Gasteiger partial charge in [-0.2, -0.15) is 0 Å². The minimum absolute atomic E-state index is 0.0777. The number of fused-ring (bicyclic) bond motifs is 3. The van der Waals surface area contributed by atoms with Gasteiger partial charge in [0.2, 0.25) is 0 Å². The molecule has 0 bridgehead atoms. The largest absolute Gasteiger partial charge is 0.394 e. The van der Waals surface area contributed by atoms with Crippen LogP contribution < -0.4 is 0 Å². The molecule has 8 nitrogen and oxygen atoms in total. The predicted octanol–water partition coefficient (Wildman–Crippen LogP) is 1.10. The molecular formula is C26H44O8. The molecule has 11 atom stereocenters. The topological polar surface area (TPSA) is 140 Å². The molecule has 2 saturated carbocycles. The molecule has 0 spiro atoms. The molecule has 8 heteroatoms. The van der Waals surface area contributed by atoms with Crippen LogP contribution in [0, 0.1) is 28.1 Å². The van der Waals surface area contributed by atoms with Crippen LogP contribution in [0.1, 0.15) is 66.2 Å². The highest BCUT2D eigenvalue weighted by Gasteiger charge is 2.59. The van der Waals surface area contributed by atoms with Gasteiger partial charge in [0.25, 0.3) is 0 Å². The van der Waals surface area contributed by atoms with Crippen molar-refractivity contribution in [2.45, 2.75) is 109 Å². The lowest BCUT2D eigenvalue weighted by atomic mass is 9.45. The molecule has 3 fully saturated rings. The van der Waals surface area contributed by atoms with Crippen LogP contribution in [-0.2, 0) is 9.47 Å². The summed E-state index contributed by atoms with van der Waals surface area (Å²) >= 11 is 0. The lowest BCUT2D eigenvalue weighted by Crippen LogP contribution is -2.62. The van der Waals surface area contributed by atoms with Crippen LogP contribution in [0.2, 0.25) is 0 Å². The third-order valence-corrected chi connectivity index (χ3v) is 10.0. The Hall–Kier alpha value is -0.580. The van der Waals surface area contributed by atoms with Gasteiger partial charge < -0.3 is 40.1 Å². The van der Waals surface area contributed by atoms with Crippen LogP contribution in [-0.4, -0.2) is 86.8 Å². The molecule has 6 N–H and O–H groups in total. The minimum Gasteiger partial charge on any atom is -0.394 e. The van der Waals surface area contributed by atoms with Crippen LogP contribution in [0.5, 0.6) is 0 Å². The summed E-state index contributed by atoms with van der Waals surface area (Å²) in [5, 5.41) is 60.2. The average Bonchev–Trinajstić information content (AvgIpc) is 2.80. The fraction of sp³-hybridized carbons (Fsp3) is 0.923. The Kier molecular flexibility index (Phi) is 7.30. The molecule has 34 heavy (non-hydrogen) atoms. The van der Waals surface area contributed by atoms with Gasteiger partial charge in [0.15, 0.2) is 6.29 Å². The first-order chi connectivity index (χ1) is 15.9. The van der Waals surface area contributed by atoms with Gasteiger partial charge in [-0.15, -0.1) is 0 Å². The third-order valence-electron chi connectivity index (χ3n) is 10.0. The number of rotatable bonds is 5. The normalized spacial score (nSPS) is 49.5. The second-order valence-corrected chi connectivity index (χ2v) is 12.3. The van der Waals surface area contributed by atoms with E-state index in [1.807, 2.05) is 6.92 Å². The van der Waals surface area contributed by atoms with E-state index < -0.39 is 43.4 Å². The predicted molar refractivity (Wildman–Crippen MR) is 124 cm³/mol. The van der Waals surface area contributed by atoms with E-state index in [-0.39, 0.29) is 29.0 Å². The highest BCUT2D eigenvalue weighted by molar-refractivity contribution is 5.25. The van der Waals surface area contributed by atoms with E-state index in [1.54, 1.807) is 0 Å². The van der Waals surface area contributed by atoms with Crippen LogP contribution in [0.4, 0.5) is 0 Å². The molecular weight excluding hydrogens is 440 g/mol. The monoisotopic (exact) mass is 484 g/mol. The quantitative estimate of drug-likeness (QED) is 0.252. The lowest BCUT2D eigenvalue weighted by Gasteiger charge is -2.62. The van der Waals surface area contributed by atoms with Gasteiger partial charge in [-0.1, -0.05) is 39.3 Å². The first-order valence-electron chi connectivity index (χ1n) is 12.9. The number of aliphatic hydroxyl groups excluding tert-OH is 6. The number of hydrogen-bond donors (Lipinski definition) is 6. The van der Waals surface area contributed by atoms with Gasteiger partial charge in [-0.05, 0) is 61.2 Å². The maximum absolute atomic E-state index is 10.5. The fourth-order valence-corrected chi connectivity index (χ4v) is 7.79. The van der Waals surface area contributed by atoms with E-state index in [0.29, 0.717) is 11.8 Å². The van der Waals surface area contributed by atoms with Crippen LogP contribution in [0.3, 0.4) is 0 Å². The second kappa shape index (κ2) is 9.38. The Labute approximate surface area is 202 Å². The average molecular weight is 485 g/mol. The summed E-state index contributed by atoms with van der Waals surface area (Å²) in [6.07, 6.45) is 0.468. The fourth-order valence-electron chi connectivity index (χ4n) is 7.79. The smallest absolute Gasteiger partial charge is 0.186 e. The lowest BCUT2D eigenvalue weighted by molar-refractivity contribution is -0.327. The number of allylic oxidation sites excluding steroid dienone is 1. The maximum atomic E-state index is 10.5. The van der Waals surface area contributed by atoms with Crippen molar-refractivity contribution in [1.82, 2.24) is 0 Å². The van der Waals surface area contributed by atoms with Crippen molar-refractivity contribution in [2.75, 3.05) is 13.2 Å². The van der Waals surface area contributed by atoms with Crippen molar-refractivity contribution < 1.29 is 40.1 Å². The molecule has 3 aliphatic carbocycles. The van der Waals surface area contributed by atoms with Crippen molar-refractivity contribution in [3.05, 3.63) is 11.6 Å². The number of hydrogen-bond acceptors (Lipinski definition) is 8. The summed E-state index contributed by atoms with van der Waals surface area (Å²) in [6.45, 7) is 8.14. The van der Waals surface area contributed by atoms with Crippen LogP contribution in [0.15, 0.2) is 11.6 Å². The zero-order chi connectivity index (χ0) is 25.1. The summed E-state index contributed by atoms with van der Waals surface area (Å²) < 4.78 is 11.9. The van der Waals surface area contributed by atoms with Crippen molar-refractivity contribution in [3.63, 3.8) is 0 Å². The van der Waals surface area contributed by atoms with E-state index in [4.69, 9.17) is 9.47 Å². The summed E-state index contributed by atoms with van der Waals surface area (Å²) in [5.41, 5.74) is 0.879. The van der Waals surface area contributed by atoms with Crippen LogP contribution >= 0.6 is 0 Å². The molecule has 0 radical (unpaired) electrons. The van der Waals surface area contributed by atoms with E-state index in [2.05, 4.69) is 26.8 Å². The molecule has 0 amide bonds. The summed E-state index contributed by atoms with van der Waals surface area (Å²) in [5.74, 6) is 0.801. The highest BCUT2D eigenvalue weighted by Crippen LogP contribution is 2.64. The molecule has 196 valence electrons. The van der Waals surface area contributed by atoms with Crippen LogP contribution in [0.25, 0.3) is 0 Å². The Bertz CT molecular complexity index is 768. The molecule has 4 rings (SSSR count). The Morgan fingerprint density at radius 1 is 1.00 bits per heavy atom. The minimum atomic E-state index is -1.44. The standard InChI is InChI=1S/C26H44O8/c1-24(2)17-6-5-14-11-25(3,18(29)13-28)9-7-15(14)26(17,4)10-8-19(24)34-23-22(32)21(31)20(30)16(12-27)33-23/h11,15-23,27-32H,5-10,12-13H2,1-4H3/t15-,16?,17-,18?,19?,20?,21?,22?,23?,25+,26+/m1/s1. The summed E-state index contributed by atoms with van der Waals surface area (Å²) in [7, 11) is 0. The van der Waals surface area contributed by atoms with Gasteiger partial charge in [0.1, 0.15) is 24.4 Å². The first kappa shape index (κ1) is 26.5. The second-order valence-electron chi connectivity index (χ2n) is 12.3. The zero-order valence-corrected chi connectivity index (χ0v) is 20.9. The summed E-state index contributed by atoms with van der Waals surface area (Å²) in [6, 6.07) is 0. The van der Waals surface area contributed by atoms with Crippen molar-refractivity contribution in [1.29, 1.82) is 0 Å². The zero-order valence-electron chi connectivity index (χ0n) is 20.9. The van der Waals surface area contributed by atoms with Crippen molar-refractivity contribution >= 4 is 0 Å². The van der Waals surface area contributed by atoms with E-state index in [1.165, 1.54) is 5.57 Å². The van der Waals surface area contributed by atoms with E-state index >= 15 is 0 Å². The van der Waals surface area contributed by atoms with E-state index in [0.717, 1.165) is 38.5 Å². The molecule has 0 aromatic heterocycles. The van der Waals surface area contributed by atoms with Crippen molar-refractivity contribution in [2.24, 2.45) is 28.1 Å². The summed E-state index contributed by atoms with van der Waals surface area (Å²) in [4.78, 5) is 0. The van der Waals surface area contributed by atoms with Gasteiger partial charge in [0, 0.05) is 5.41 Å². The van der Waals surface area contributed by atoms with Gasteiger partial charge in [-0.25, -0.2) is 0 Å². The van der Waals surface area contributed by atoms with E-state index in [9.17, 15) is 30.6 Å². The first-order valence-corrected chi connectivity index (χ1v) is 12.9. The van der Waals surface area contributed by atoms with Gasteiger partial charge >= 0.3 is 0 Å². The Morgan fingerprint density at radius 2 is 1.71 bits per heavy atom. The molecule has 7 unspecified atom stereocenters. The maximum Gasteiger partial charge on any atom is 0.186 e. The SMILES string of the molecule is CC1(C)C(OC2OC(CO)C(O)C(O)C2O)CC[C@@]2(C)[C@@H]3CC[C@](C)(C(O)CO)C=C3CC[C@H]12. The Balaban J connectivity index is 1.53. The Morgan fingerprint density at radius 3 is 2.35 bits per heavy atom. The molecule has 0 aromatic rings. The molecule has 1 saturated heterocycles. The number of ether oxygens (including phenoxy) is 2. The molecule has 4 aliphatic rings. The number of aliphatic hydroxyl groups is 6.